The molecular formula is C17H18ClN3O4S. The van der Waals surface area contributed by atoms with Crippen LogP contribution in [0, 0.1) is 0 Å². The summed E-state index contributed by atoms with van der Waals surface area (Å²) in [7, 11) is -3.67. The highest BCUT2D eigenvalue weighted by molar-refractivity contribution is 7.89. The third kappa shape index (κ3) is 5.83. The van der Waals surface area contributed by atoms with Crippen molar-refractivity contribution < 1.29 is 18.0 Å². The molecule has 0 saturated heterocycles. The number of sulfonamides is 1. The zero-order chi connectivity index (χ0) is 19.2. The second-order valence-electron chi connectivity index (χ2n) is 5.37. The molecule has 2 aromatic carbocycles. The third-order valence-electron chi connectivity index (χ3n) is 3.27. The van der Waals surface area contributed by atoms with Crippen LogP contribution in [0.25, 0.3) is 0 Å². The van der Waals surface area contributed by atoms with E-state index in [0.29, 0.717) is 16.3 Å². The van der Waals surface area contributed by atoms with Gasteiger partial charge in [-0.15, -0.1) is 0 Å². The van der Waals surface area contributed by atoms with E-state index in [1.807, 2.05) is 0 Å². The first-order chi connectivity index (χ1) is 12.3. The van der Waals surface area contributed by atoms with Crippen molar-refractivity contribution in [3.05, 3.63) is 59.1 Å². The van der Waals surface area contributed by atoms with Crippen LogP contribution in [0.3, 0.4) is 0 Å². The molecule has 2 rings (SSSR count). The molecule has 0 unspecified atom stereocenters. The van der Waals surface area contributed by atoms with E-state index >= 15 is 0 Å². The molecule has 0 heterocycles. The van der Waals surface area contributed by atoms with Crippen molar-refractivity contribution >= 4 is 39.1 Å². The Labute approximate surface area is 156 Å². The quantitative estimate of drug-likeness (QED) is 0.623. The number of hydrogen-bond acceptors (Lipinski definition) is 4. The molecule has 138 valence electrons. The van der Waals surface area contributed by atoms with Gasteiger partial charge in [-0.2, -0.15) is 0 Å². The lowest BCUT2D eigenvalue weighted by atomic mass is 10.2. The predicted molar refractivity (Wildman–Crippen MR) is 99.7 cm³/mol. The number of benzene rings is 2. The lowest BCUT2D eigenvalue weighted by Gasteiger charge is -2.09. The summed E-state index contributed by atoms with van der Waals surface area (Å²) in [5.41, 5.74) is 0.866. The maximum Gasteiger partial charge on any atom is 0.251 e. The van der Waals surface area contributed by atoms with Gasteiger partial charge in [0.1, 0.15) is 0 Å². The molecule has 2 aromatic rings. The Morgan fingerprint density at radius 2 is 1.73 bits per heavy atom. The summed E-state index contributed by atoms with van der Waals surface area (Å²) in [4.78, 5) is 23.2. The number of carbonyl (C=O) groups is 2. The molecule has 0 aliphatic carbocycles. The monoisotopic (exact) mass is 395 g/mol. The fourth-order valence-corrected chi connectivity index (χ4v) is 3.26. The van der Waals surface area contributed by atoms with E-state index in [1.165, 1.54) is 37.3 Å². The van der Waals surface area contributed by atoms with E-state index in [-0.39, 0.29) is 29.8 Å². The molecule has 0 saturated carbocycles. The van der Waals surface area contributed by atoms with Crippen molar-refractivity contribution in [2.45, 2.75) is 11.8 Å². The van der Waals surface area contributed by atoms with E-state index in [0.717, 1.165) is 0 Å². The molecule has 3 N–H and O–H groups in total. The number of halogens is 1. The van der Waals surface area contributed by atoms with Crippen LogP contribution in [0.4, 0.5) is 5.69 Å². The van der Waals surface area contributed by atoms with E-state index in [9.17, 15) is 18.0 Å². The van der Waals surface area contributed by atoms with E-state index in [1.54, 1.807) is 18.2 Å². The fourth-order valence-electron chi connectivity index (χ4n) is 2.10. The maximum absolute atomic E-state index is 12.1. The standard InChI is InChI=1S/C17H18ClN3O4S/c1-12(22)21-15-4-2-3-13(11-15)17(23)19-9-10-20-26(24,25)16-7-5-14(18)6-8-16/h2-8,11,20H,9-10H2,1H3,(H,19,23)(H,21,22). The first kappa shape index (κ1) is 19.9. The number of hydrogen-bond donors (Lipinski definition) is 3. The SMILES string of the molecule is CC(=O)Nc1cccc(C(=O)NCCNS(=O)(=O)c2ccc(Cl)cc2)c1. The largest absolute Gasteiger partial charge is 0.351 e. The fraction of sp³-hybridized carbons (Fsp3) is 0.176. The summed E-state index contributed by atoms with van der Waals surface area (Å²) < 4.78 is 26.6. The van der Waals surface area contributed by atoms with E-state index in [4.69, 9.17) is 11.6 Å². The van der Waals surface area contributed by atoms with Crippen LogP contribution in [-0.4, -0.2) is 33.3 Å². The molecule has 0 fully saturated rings. The van der Waals surface area contributed by atoms with Crippen LogP contribution in [-0.2, 0) is 14.8 Å². The topological polar surface area (TPSA) is 104 Å². The minimum absolute atomic E-state index is 0.0298. The predicted octanol–water partition coefficient (Wildman–Crippen LogP) is 2.01. The summed E-state index contributed by atoms with van der Waals surface area (Å²) in [5, 5.41) is 5.64. The first-order valence-corrected chi connectivity index (χ1v) is 9.55. The normalized spacial score (nSPS) is 11.0. The maximum atomic E-state index is 12.1. The molecule has 0 bridgehead atoms. The summed E-state index contributed by atoms with van der Waals surface area (Å²) in [6.45, 7) is 1.51. The van der Waals surface area contributed by atoms with Crippen molar-refractivity contribution in [1.29, 1.82) is 0 Å². The van der Waals surface area contributed by atoms with Gasteiger partial charge >= 0.3 is 0 Å². The molecule has 9 heteroatoms. The molecule has 26 heavy (non-hydrogen) atoms. The Morgan fingerprint density at radius 3 is 2.38 bits per heavy atom. The highest BCUT2D eigenvalue weighted by atomic mass is 35.5. The molecular weight excluding hydrogens is 378 g/mol. The average molecular weight is 396 g/mol. The highest BCUT2D eigenvalue weighted by Gasteiger charge is 2.13. The number of carbonyl (C=O) groups excluding carboxylic acids is 2. The van der Waals surface area contributed by atoms with Gasteiger partial charge in [-0.25, -0.2) is 13.1 Å². The molecule has 0 radical (unpaired) electrons. The van der Waals surface area contributed by atoms with E-state index < -0.39 is 10.0 Å². The smallest absolute Gasteiger partial charge is 0.251 e. The number of nitrogens with one attached hydrogen (secondary N) is 3. The van der Waals surface area contributed by atoms with Gasteiger partial charge in [0, 0.05) is 36.3 Å². The van der Waals surface area contributed by atoms with Gasteiger partial charge in [-0.3, -0.25) is 9.59 Å². The molecule has 0 aromatic heterocycles. The van der Waals surface area contributed by atoms with Crippen LogP contribution < -0.4 is 15.4 Å². The molecule has 2 amide bonds. The lowest BCUT2D eigenvalue weighted by Crippen LogP contribution is -2.34. The van der Waals surface area contributed by atoms with Crippen LogP contribution in [0.15, 0.2) is 53.4 Å². The Bertz CT molecular complexity index is 898. The first-order valence-electron chi connectivity index (χ1n) is 7.69. The summed E-state index contributed by atoms with van der Waals surface area (Å²) >= 11 is 5.73. The third-order valence-corrected chi connectivity index (χ3v) is 5.00. The van der Waals surface area contributed by atoms with Crippen LogP contribution in [0.1, 0.15) is 17.3 Å². The van der Waals surface area contributed by atoms with Crippen LogP contribution in [0.2, 0.25) is 5.02 Å². The van der Waals surface area contributed by atoms with Crippen LogP contribution in [0.5, 0.6) is 0 Å². The van der Waals surface area contributed by atoms with Gasteiger partial charge in [0.05, 0.1) is 4.90 Å². The highest BCUT2D eigenvalue weighted by Crippen LogP contribution is 2.13. The van der Waals surface area contributed by atoms with Gasteiger partial charge in [0.25, 0.3) is 5.91 Å². The van der Waals surface area contributed by atoms with Crippen molar-refractivity contribution in [3.8, 4) is 0 Å². The zero-order valence-electron chi connectivity index (χ0n) is 14.0. The molecule has 7 nitrogen and oxygen atoms in total. The van der Waals surface area contributed by atoms with Gasteiger partial charge in [0.2, 0.25) is 15.9 Å². The van der Waals surface area contributed by atoms with Crippen LogP contribution >= 0.6 is 11.6 Å². The van der Waals surface area contributed by atoms with Gasteiger partial charge in [-0.05, 0) is 42.5 Å². The van der Waals surface area contributed by atoms with Crippen molar-refractivity contribution in [2.24, 2.45) is 0 Å². The molecule has 0 atom stereocenters. The average Bonchev–Trinajstić information content (AvgIpc) is 2.58. The number of anilines is 1. The molecule has 0 aliphatic heterocycles. The van der Waals surface area contributed by atoms with Crippen molar-refractivity contribution in [3.63, 3.8) is 0 Å². The minimum atomic E-state index is -3.67. The van der Waals surface area contributed by atoms with E-state index in [2.05, 4.69) is 15.4 Å². The Balaban J connectivity index is 1.86. The number of rotatable bonds is 7. The Hall–Kier alpha value is -2.42. The lowest BCUT2D eigenvalue weighted by molar-refractivity contribution is -0.114. The van der Waals surface area contributed by atoms with Gasteiger partial charge < -0.3 is 10.6 Å². The Kier molecular flexibility index (Phi) is 6.73. The summed E-state index contributed by atoms with van der Waals surface area (Å²) in [5.74, 6) is -0.609. The molecule has 0 aliphatic rings. The Morgan fingerprint density at radius 1 is 1.04 bits per heavy atom. The zero-order valence-corrected chi connectivity index (χ0v) is 15.5. The molecule has 0 spiro atoms. The second kappa shape index (κ2) is 8.79. The van der Waals surface area contributed by atoms with Gasteiger partial charge in [0.15, 0.2) is 0 Å². The minimum Gasteiger partial charge on any atom is -0.351 e. The van der Waals surface area contributed by atoms with Crippen molar-refractivity contribution in [2.75, 3.05) is 18.4 Å². The summed E-state index contributed by atoms with van der Waals surface area (Å²) in [6, 6.07) is 12.2. The summed E-state index contributed by atoms with van der Waals surface area (Å²) in [6.07, 6.45) is 0. The second-order valence-corrected chi connectivity index (χ2v) is 7.57. The van der Waals surface area contributed by atoms with Gasteiger partial charge in [-0.1, -0.05) is 17.7 Å². The van der Waals surface area contributed by atoms with Crippen molar-refractivity contribution in [1.82, 2.24) is 10.0 Å². The number of amides is 2.